The standard InChI is InChI=1S/C22H30N4O2/c1-15-6-7-19(18-5-4-10-23-21(15)18)26-13-16(2)28-20(14-26)22(27)24-17-8-11-25(3)12-9-17/h4-7,10,16-17,20H,8-9,11-14H2,1-3H3,(H,24,27)/t16-,20-/m1/s1. The minimum Gasteiger partial charge on any atom is -0.365 e. The maximum Gasteiger partial charge on any atom is 0.251 e. The van der Waals surface area contributed by atoms with Gasteiger partial charge in [-0.15, -0.1) is 0 Å². The summed E-state index contributed by atoms with van der Waals surface area (Å²) in [6.07, 6.45) is 3.38. The van der Waals surface area contributed by atoms with Crippen molar-refractivity contribution in [3.05, 3.63) is 36.0 Å². The number of carbonyl (C=O) groups excluding carboxylic acids is 1. The lowest BCUT2D eigenvalue weighted by molar-refractivity contribution is -0.138. The Labute approximate surface area is 166 Å². The maximum atomic E-state index is 12.9. The zero-order valence-corrected chi connectivity index (χ0v) is 17.0. The minimum atomic E-state index is -0.448. The number of morpholine rings is 1. The first-order chi connectivity index (χ1) is 13.5. The van der Waals surface area contributed by atoms with Gasteiger partial charge in [-0.3, -0.25) is 9.78 Å². The third kappa shape index (κ3) is 3.98. The molecule has 0 saturated carbocycles. The fourth-order valence-electron chi connectivity index (χ4n) is 4.31. The zero-order chi connectivity index (χ0) is 19.7. The lowest BCUT2D eigenvalue weighted by Crippen LogP contribution is -2.55. The lowest BCUT2D eigenvalue weighted by Gasteiger charge is -2.39. The summed E-state index contributed by atoms with van der Waals surface area (Å²) in [6.45, 7) is 7.51. The maximum absolute atomic E-state index is 12.9. The van der Waals surface area contributed by atoms with Gasteiger partial charge in [-0.2, -0.15) is 0 Å². The Balaban J connectivity index is 1.51. The van der Waals surface area contributed by atoms with Crippen molar-refractivity contribution < 1.29 is 9.53 Å². The minimum absolute atomic E-state index is 0.00462. The van der Waals surface area contributed by atoms with Crippen LogP contribution < -0.4 is 10.2 Å². The van der Waals surface area contributed by atoms with Crippen LogP contribution >= 0.6 is 0 Å². The third-order valence-corrected chi connectivity index (χ3v) is 5.91. The summed E-state index contributed by atoms with van der Waals surface area (Å²) < 4.78 is 6.02. The quantitative estimate of drug-likeness (QED) is 0.883. The molecule has 1 amide bonds. The summed E-state index contributed by atoms with van der Waals surface area (Å²) >= 11 is 0. The molecule has 0 bridgehead atoms. The molecule has 2 saturated heterocycles. The van der Waals surface area contributed by atoms with Crippen molar-refractivity contribution >= 4 is 22.5 Å². The Morgan fingerprint density at radius 3 is 2.79 bits per heavy atom. The van der Waals surface area contributed by atoms with Gasteiger partial charge in [0.25, 0.3) is 5.91 Å². The molecular formula is C22H30N4O2. The van der Waals surface area contributed by atoms with E-state index in [2.05, 4.69) is 52.3 Å². The SMILES string of the molecule is Cc1ccc(N2C[C@@H](C)O[C@@H](C(=O)NC3CCN(C)CC3)C2)c2cccnc12. The molecule has 2 aromatic rings. The molecule has 0 spiro atoms. The van der Waals surface area contributed by atoms with Gasteiger partial charge in [0.1, 0.15) is 0 Å². The van der Waals surface area contributed by atoms with E-state index < -0.39 is 6.10 Å². The first-order valence-electron chi connectivity index (χ1n) is 10.2. The van der Waals surface area contributed by atoms with E-state index in [1.807, 2.05) is 19.2 Å². The number of aromatic nitrogens is 1. The predicted molar refractivity (Wildman–Crippen MR) is 112 cm³/mol. The Hall–Kier alpha value is -2.18. The van der Waals surface area contributed by atoms with Gasteiger partial charge >= 0.3 is 0 Å². The number of nitrogens with zero attached hydrogens (tertiary/aromatic N) is 3. The molecular weight excluding hydrogens is 352 g/mol. The van der Waals surface area contributed by atoms with Gasteiger partial charge in [0.15, 0.2) is 6.10 Å². The van der Waals surface area contributed by atoms with Crippen LogP contribution in [0.15, 0.2) is 30.5 Å². The first kappa shape index (κ1) is 19.2. The van der Waals surface area contributed by atoms with E-state index in [1.54, 1.807) is 0 Å². The van der Waals surface area contributed by atoms with Crippen molar-refractivity contribution in [2.75, 3.05) is 38.1 Å². The molecule has 1 aromatic carbocycles. The summed E-state index contributed by atoms with van der Waals surface area (Å²) in [6, 6.07) is 8.59. The molecule has 0 aliphatic carbocycles. The Morgan fingerprint density at radius 2 is 2.00 bits per heavy atom. The molecule has 6 nitrogen and oxygen atoms in total. The number of carbonyl (C=O) groups is 1. The monoisotopic (exact) mass is 382 g/mol. The number of amides is 1. The number of nitrogens with one attached hydrogen (secondary N) is 1. The fraction of sp³-hybridized carbons (Fsp3) is 0.545. The van der Waals surface area contributed by atoms with Crippen LogP contribution in [0.1, 0.15) is 25.3 Å². The van der Waals surface area contributed by atoms with Gasteiger partial charge in [0.05, 0.1) is 18.2 Å². The molecule has 0 unspecified atom stereocenters. The highest BCUT2D eigenvalue weighted by molar-refractivity contribution is 5.94. The van der Waals surface area contributed by atoms with Crippen LogP contribution in [0.4, 0.5) is 5.69 Å². The molecule has 4 rings (SSSR count). The molecule has 0 radical (unpaired) electrons. The van der Waals surface area contributed by atoms with Crippen LogP contribution in [0.3, 0.4) is 0 Å². The number of piperidine rings is 1. The van der Waals surface area contributed by atoms with Gasteiger partial charge in [0.2, 0.25) is 0 Å². The van der Waals surface area contributed by atoms with E-state index in [0.29, 0.717) is 6.54 Å². The normalized spacial score (nSPS) is 24.5. The van der Waals surface area contributed by atoms with Gasteiger partial charge in [-0.05, 0) is 70.6 Å². The molecule has 2 aliphatic rings. The number of fused-ring (bicyclic) bond motifs is 1. The average molecular weight is 383 g/mol. The summed E-state index contributed by atoms with van der Waals surface area (Å²) in [5.41, 5.74) is 3.31. The highest BCUT2D eigenvalue weighted by Crippen LogP contribution is 2.30. The second-order valence-corrected chi connectivity index (χ2v) is 8.23. The fourth-order valence-corrected chi connectivity index (χ4v) is 4.31. The van der Waals surface area contributed by atoms with E-state index in [4.69, 9.17) is 4.74 Å². The second kappa shape index (κ2) is 8.05. The number of aryl methyl sites for hydroxylation is 1. The van der Waals surface area contributed by atoms with Crippen LogP contribution in [0.25, 0.3) is 10.9 Å². The average Bonchev–Trinajstić information content (AvgIpc) is 2.70. The molecule has 2 atom stereocenters. The van der Waals surface area contributed by atoms with Crippen molar-refractivity contribution in [1.82, 2.24) is 15.2 Å². The highest BCUT2D eigenvalue weighted by atomic mass is 16.5. The third-order valence-electron chi connectivity index (χ3n) is 5.91. The molecule has 150 valence electrons. The van der Waals surface area contributed by atoms with E-state index >= 15 is 0 Å². The molecule has 3 heterocycles. The number of pyridine rings is 1. The van der Waals surface area contributed by atoms with Crippen molar-refractivity contribution in [2.45, 2.75) is 44.9 Å². The zero-order valence-electron chi connectivity index (χ0n) is 17.0. The lowest BCUT2D eigenvalue weighted by atomic mass is 10.0. The molecule has 2 fully saturated rings. The van der Waals surface area contributed by atoms with E-state index in [0.717, 1.165) is 54.6 Å². The predicted octanol–water partition coefficient (Wildman–Crippen LogP) is 2.35. The first-order valence-corrected chi connectivity index (χ1v) is 10.2. The largest absolute Gasteiger partial charge is 0.365 e. The number of rotatable bonds is 3. The van der Waals surface area contributed by atoms with Crippen molar-refractivity contribution in [3.63, 3.8) is 0 Å². The van der Waals surface area contributed by atoms with E-state index in [-0.39, 0.29) is 18.1 Å². The van der Waals surface area contributed by atoms with E-state index in [9.17, 15) is 4.79 Å². The molecule has 28 heavy (non-hydrogen) atoms. The van der Waals surface area contributed by atoms with Crippen LogP contribution in [0, 0.1) is 6.92 Å². The summed E-state index contributed by atoms with van der Waals surface area (Å²) in [7, 11) is 2.13. The second-order valence-electron chi connectivity index (χ2n) is 8.23. The number of anilines is 1. The Bertz CT molecular complexity index is 848. The highest BCUT2D eigenvalue weighted by Gasteiger charge is 2.32. The van der Waals surface area contributed by atoms with Gasteiger partial charge in [0, 0.05) is 29.9 Å². The van der Waals surface area contributed by atoms with E-state index in [1.165, 1.54) is 0 Å². The van der Waals surface area contributed by atoms with Gasteiger partial charge < -0.3 is 19.9 Å². The van der Waals surface area contributed by atoms with Crippen LogP contribution in [-0.4, -0.2) is 67.3 Å². The number of likely N-dealkylation sites (tertiary alicyclic amines) is 1. The number of benzene rings is 1. The summed E-state index contributed by atoms with van der Waals surface area (Å²) in [5, 5.41) is 4.35. The van der Waals surface area contributed by atoms with Crippen molar-refractivity contribution in [1.29, 1.82) is 0 Å². The van der Waals surface area contributed by atoms with Crippen LogP contribution in [0.5, 0.6) is 0 Å². The molecule has 6 heteroatoms. The number of hydrogen-bond acceptors (Lipinski definition) is 5. The number of hydrogen-bond donors (Lipinski definition) is 1. The molecule has 2 aliphatic heterocycles. The smallest absolute Gasteiger partial charge is 0.251 e. The van der Waals surface area contributed by atoms with Gasteiger partial charge in [-0.1, -0.05) is 6.07 Å². The van der Waals surface area contributed by atoms with Crippen LogP contribution in [-0.2, 0) is 9.53 Å². The summed E-state index contributed by atoms with van der Waals surface area (Å²) in [5.74, 6) is 0.0145. The Kier molecular flexibility index (Phi) is 5.51. The molecule has 1 aromatic heterocycles. The number of ether oxygens (including phenoxy) is 1. The topological polar surface area (TPSA) is 57.7 Å². The van der Waals surface area contributed by atoms with Gasteiger partial charge in [-0.25, -0.2) is 0 Å². The Morgan fingerprint density at radius 1 is 1.21 bits per heavy atom. The summed E-state index contributed by atoms with van der Waals surface area (Å²) in [4.78, 5) is 22.0. The molecule has 1 N–H and O–H groups in total. The van der Waals surface area contributed by atoms with Crippen molar-refractivity contribution in [3.8, 4) is 0 Å². The van der Waals surface area contributed by atoms with Crippen molar-refractivity contribution in [2.24, 2.45) is 0 Å². The van der Waals surface area contributed by atoms with Crippen LogP contribution in [0.2, 0.25) is 0 Å².